The monoisotopic (exact) mass is 364 g/mol. The highest BCUT2D eigenvalue weighted by Gasteiger charge is 2.42. The Hall–Kier alpha value is -3.99. The first-order valence-corrected chi connectivity index (χ1v) is 9.06. The van der Waals surface area contributed by atoms with Crippen molar-refractivity contribution in [3.05, 3.63) is 72.9 Å². The standard InChI is InChI=1S/C23H12N2O3/c1-2-12-24-14(5-1)13-10-11-19-22-23(13)28-18-9-4-8-17-21(18)25(22)20-15(26-17)6-3-7-16(20)27-19/h1-12H. The SMILES string of the molecule is c1ccc(-c2ccc3c4c2Oc2cccc5c2N4c2c(cccc2O3)O5)nc1. The van der Waals surface area contributed by atoms with E-state index in [1.165, 1.54) is 0 Å². The first-order chi connectivity index (χ1) is 13.9. The van der Waals surface area contributed by atoms with Gasteiger partial charge in [0.2, 0.25) is 0 Å². The van der Waals surface area contributed by atoms with Gasteiger partial charge in [-0.05, 0) is 48.5 Å². The average Bonchev–Trinajstić information content (AvgIpc) is 2.75. The van der Waals surface area contributed by atoms with Gasteiger partial charge in [0.15, 0.2) is 34.5 Å². The summed E-state index contributed by atoms with van der Waals surface area (Å²) in [6.45, 7) is 0. The highest BCUT2D eigenvalue weighted by molar-refractivity contribution is 6.01. The maximum Gasteiger partial charge on any atom is 0.164 e. The Morgan fingerprint density at radius 1 is 0.571 bits per heavy atom. The van der Waals surface area contributed by atoms with Crippen molar-refractivity contribution >= 4 is 17.1 Å². The van der Waals surface area contributed by atoms with Gasteiger partial charge < -0.3 is 14.2 Å². The third kappa shape index (κ3) is 1.64. The third-order valence-electron chi connectivity index (χ3n) is 5.28. The quantitative estimate of drug-likeness (QED) is 0.331. The summed E-state index contributed by atoms with van der Waals surface area (Å²) in [5.74, 6) is 4.54. The Kier molecular flexibility index (Phi) is 2.44. The van der Waals surface area contributed by atoms with Gasteiger partial charge in [-0.2, -0.15) is 0 Å². The lowest BCUT2D eigenvalue weighted by Gasteiger charge is -2.42. The van der Waals surface area contributed by atoms with Gasteiger partial charge in [-0.25, -0.2) is 0 Å². The molecule has 0 unspecified atom stereocenters. The zero-order chi connectivity index (χ0) is 18.2. The van der Waals surface area contributed by atoms with Crippen molar-refractivity contribution < 1.29 is 14.2 Å². The Bertz CT molecular complexity index is 1270. The molecule has 28 heavy (non-hydrogen) atoms. The van der Waals surface area contributed by atoms with Crippen LogP contribution in [0.25, 0.3) is 11.3 Å². The number of benzene rings is 3. The lowest BCUT2D eigenvalue weighted by Crippen LogP contribution is -2.24. The molecule has 0 fully saturated rings. The summed E-state index contributed by atoms with van der Waals surface area (Å²) in [7, 11) is 0. The number of aromatic nitrogens is 1. The van der Waals surface area contributed by atoms with Crippen LogP contribution in [0.5, 0.6) is 34.5 Å². The molecule has 1 aromatic heterocycles. The summed E-state index contributed by atoms with van der Waals surface area (Å²) in [5.41, 5.74) is 4.46. The van der Waals surface area contributed by atoms with E-state index in [0.29, 0.717) is 0 Å². The summed E-state index contributed by atoms with van der Waals surface area (Å²) in [6.07, 6.45) is 1.79. The van der Waals surface area contributed by atoms with E-state index >= 15 is 0 Å². The number of rotatable bonds is 1. The highest BCUT2D eigenvalue weighted by atomic mass is 16.5. The lowest BCUT2D eigenvalue weighted by atomic mass is 10.0. The van der Waals surface area contributed by atoms with Gasteiger partial charge in [0, 0.05) is 11.8 Å². The zero-order valence-electron chi connectivity index (χ0n) is 14.5. The largest absolute Gasteiger partial charge is 0.453 e. The molecule has 4 heterocycles. The van der Waals surface area contributed by atoms with Gasteiger partial charge in [-0.3, -0.25) is 9.88 Å². The van der Waals surface area contributed by atoms with Gasteiger partial charge in [-0.1, -0.05) is 18.2 Å². The van der Waals surface area contributed by atoms with E-state index in [0.717, 1.165) is 62.8 Å². The number of anilines is 3. The van der Waals surface area contributed by atoms with E-state index in [4.69, 9.17) is 14.2 Å². The number of pyridine rings is 1. The third-order valence-corrected chi connectivity index (χ3v) is 5.28. The molecule has 0 radical (unpaired) electrons. The molecule has 0 atom stereocenters. The predicted molar refractivity (Wildman–Crippen MR) is 105 cm³/mol. The fourth-order valence-electron chi connectivity index (χ4n) is 4.13. The first kappa shape index (κ1) is 14.1. The minimum absolute atomic E-state index is 0.739. The number of hydrogen-bond donors (Lipinski definition) is 0. The molecule has 3 aliphatic rings. The number of para-hydroxylation sites is 2. The molecule has 0 spiro atoms. The lowest BCUT2D eigenvalue weighted by molar-refractivity contribution is 0.418. The van der Waals surface area contributed by atoms with Crippen molar-refractivity contribution in [2.75, 3.05) is 4.90 Å². The molecule has 5 nitrogen and oxygen atoms in total. The number of hydrogen-bond acceptors (Lipinski definition) is 5. The summed E-state index contributed by atoms with van der Waals surface area (Å²) in [4.78, 5) is 6.72. The molecule has 4 aromatic rings. The second kappa shape index (κ2) is 4.84. The molecule has 7 rings (SSSR count). The predicted octanol–water partition coefficient (Wildman–Crippen LogP) is 6.54. The topological polar surface area (TPSA) is 43.8 Å². The minimum Gasteiger partial charge on any atom is -0.453 e. The molecule has 0 N–H and O–H groups in total. The summed E-state index contributed by atoms with van der Waals surface area (Å²) in [5, 5.41) is 0. The Labute approximate surface area is 160 Å². The van der Waals surface area contributed by atoms with Gasteiger partial charge in [0.1, 0.15) is 17.1 Å². The van der Waals surface area contributed by atoms with Gasteiger partial charge in [0.25, 0.3) is 0 Å². The molecule has 0 amide bonds. The van der Waals surface area contributed by atoms with Crippen molar-refractivity contribution in [2.45, 2.75) is 0 Å². The van der Waals surface area contributed by atoms with Crippen molar-refractivity contribution in [1.82, 2.24) is 4.98 Å². The van der Waals surface area contributed by atoms with Crippen LogP contribution in [0.4, 0.5) is 17.1 Å². The van der Waals surface area contributed by atoms with Crippen LogP contribution in [0.3, 0.4) is 0 Å². The Morgan fingerprint density at radius 2 is 1.21 bits per heavy atom. The van der Waals surface area contributed by atoms with Crippen molar-refractivity contribution in [3.8, 4) is 45.8 Å². The number of ether oxygens (including phenoxy) is 3. The van der Waals surface area contributed by atoms with E-state index in [-0.39, 0.29) is 0 Å². The second-order valence-corrected chi connectivity index (χ2v) is 6.85. The van der Waals surface area contributed by atoms with E-state index in [2.05, 4.69) is 9.88 Å². The second-order valence-electron chi connectivity index (χ2n) is 6.85. The molecule has 0 saturated heterocycles. The van der Waals surface area contributed by atoms with E-state index in [1.54, 1.807) is 6.20 Å². The van der Waals surface area contributed by atoms with Gasteiger partial charge >= 0.3 is 0 Å². The molecular formula is C23H12N2O3. The minimum atomic E-state index is 0.739. The fourth-order valence-corrected chi connectivity index (χ4v) is 4.13. The average molecular weight is 364 g/mol. The van der Waals surface area contributed by atoms with Gasteiger partial charge in [0.05, 0.1) is 5.69 Å². The van der Waals surface area contributed by atoms with E-state index in [9.17, 15) is 0 Å². The van der Waals surface area contributed by atoms with E-state index in [1.807, 2.05) is 66.7 Å². The maximum atomic E-state index is 6.39. The Morgan fingerprint density at radius 3 is 1.86 bits per heavy atom. The van der Waals surface area contributed by atoms with Crippen molar-refractivity contribution in [3.63, 3.8) is 0 Å². The van der Waals surface area contributed by atoms with Crippen LogP contribution in [0.2, 0.25) is 0 Å². The summed E-state index contributed by atoms with van der Waals surface area (Å²) in [6, 6.07) is 21.6. The first-order valence-electron chi connectivity index (χ1n) is 9.06. The van der Waals surface area contributed by atoms with Crippen molar-refractivity contribution in [2.24, 2.45) is 0 Å². The molecule has 0 bridgehead atoms. The molecule has 0 saturated carbocycles. The molecule has 3 aromatic carbocycles. The maximum absolute atomic E-state index is 6.39. The molecule has 3 aliphatic heterocycles. The molecule has 0 aliphatic carbocycles. The smallest absolute Gasteiger partial charge is 0.164 e. The van der Waals surface area contributed by atoms with Crippen LogP contribution < -0.4 is 19.1 Å². The number of nitrogens with zero attached hydrogens (tertiary/aromatic N) is 2. The molecular weight excluding hydrogens is 352 g/mol. The zero-order valence-corrected chi connectivity index (χ0v) is 14.5. The van der Waals surface area contributed by atoms with Crippen molar-refractivity contribution in [1.29, 1.82) is 0 Å². The van der Waals surface area contributed by atoms with Crippen LogP contribution in [0.1, 0.15) is 0 Å². The van der Waals surface area contributed by atoms with Crippen LogP contribution in [0.15, 0.2) is 72.9 Å². The van der Waals surface area contributed by atoms with Crippen LogP contribution >= 0.6 is 0 Å². The molecule has 5 heteroatoms. The van der Waals surface area contributed by atoms with Crippen LogP contribution in [0, 0.1) is 0 Å². The summed E-state index contributed by atoms with van der Waals surface area (Å²) < 4.78 is 18.8. The van der Waals surface area contributed by atoms with Gasteiger partial charge in [-0.15, -0.1) is 0 Å². The summed E-state index contributed by atoms with van der Waals surface area (Å²) >= 11 is 0. The van der Waals surface area contributed by atoms with E-state index < -0.39 is 0 Å². The molecule has 132 valence electrons. The highest BCUT2D eigenvalue weighted by Crippen LogP contribution is 2.67. The fraction of sp³-hybridized carbons (Fsp3) is 0. The normalized spacial score (nSPS) is 13.8. The van der Waals surface area contributed by atoms with Crippen LogP contribution in [-0.4, -0.2) is 4.98 Å². The Balaban J connectivity index is 1.59. The van der Waals surface area contributed by atoms with Crippen LogP contribution in [-0.2, 0) is 0 Å².